The average Bonchev–Trinajstić information content (AvgIpc) is 2.52. The van der Waals surface area contributed by atoms with Gasteiger partial charge in [-0.25, -0.2) is 4.98 Å². The van der Waals surface area contributed by atoms with E-state index < -0.39 is 6.10 Å². The Bertz CT molecular complexity index is 644. The second-order valence-corrected chi connectivity index (χ2v) is 5.22. The summed E-state index contributed by atoms with van der Waals surface area (Å²) in [6.07, 6.45) is 4.51. The van der Waals surface area contributed by atoms with Crippen LogP contribution in [0.5, 0.6) is 0 Å². The molecule has 0 aliphatic rings. The molecule has 0 fully saturated rings. The van der Waals surface area contributed by atoms with Crippen molar-refractivity contribution in [3.63, 3.8) is 0 Å². The standard InChI is InChI=1S/C17H17ClN2O2/c18-16-11-14(8-9-19-16)6-7-17(22)20-12-15(21)10-13-4-2-1-3-5-13/h1-9,11,15,21H,10,12H2,(H,20,22)/b7-6+. The van der Waals surface area contributed by atoms with Gasteiger partial charge in [0.2, 0.25) is 5.91 Å². The summed E-state index contributed by atoms with van der Waals surface area (Å²) in [5, 5.41) is 12.9. The van der Waals surface area contributed by atoms with E-state index in [1.165, 1.54) is 6.08 Å². The molecule has 2 aromatic rings. The molecule has 0 saturated carbocycles. The molecule has 2 rings (SSSR count). The summed E-state index contributed by atoms with van der Waals surface area (Å²) >= 11 is 5.76. The van der Waals surface area contributed by atoms with Crippen molar-refractivity contribution in [3.8, 4) is 0 Å². The highest BCUT2D eigenvalue weighted by Crippen LogP contribution is 2.08. The van der Waals surface area contributed by atoms with Gasteiger partial charge in [-0.3, -0.25) is 4.79 Å². The summed E-state index contributed by atoms with van der Waals surface area (Å²) < 4.78 is 0. The second-order valence-electron chi connectivity index (χ2n) is 4.83. The lowest BCUT2D eigenvalue weighted by Gasteiger charge is -2.10. The van der Waals surface area contributed by atoms with E-state index in [-0.39, 0.29) is 12.5 Å². The molecule has 0 spiro atoms. The van der Waals surface area contributed by atoms with Crippen molar-refractivity contribution in [3.05, 3.63) is 71.0 Å². The first kappa shape index (κ1) is 16.2. The molecule has 0 bridgehead atoms. The third-order valence-electron chi connectivity index (χ3n) is 3.00. The first-order valence-corrected chi connectivity index (χ1v) is 7.31. The van der Waals surface area contributed by atoms with Gasteiger partial charge in [-0.2, -0.15) is 0 Å². The average molecular weight is 317 g/mol. The quantitative estimate of drug-likeness (QED) is 0.635. The van der Waals surface area contributed by atoms with Crippen LogP contribution in [0.25, 0.3) is 6.08 Å². The number of carbonyl (C=O) groups is 1. The number of aromatic nitrogens is 1. The predicted octanol–water partition coefficient (Wildman–Crippen LogP) is 2.47. The number of nitrogens with one attached hydrogen (secondary N) is 1. The topological polar surface area (TPSA) is 62.2 Å². The Morgan fingerprint density at radius 2 is 2.09 bits per heavy atom. The number of hydrogen-bond donors (Lipinski definition) is 2. The number of nitrogens with zero attached hydrogens (tertiary/aromatic N) is 1. The number of aliphatic hydroxyl groups is 1. The molecule has 0 aliphatic carbocycles. The maximum atomic E-state index is 11.7. The zero-order valence-corrected chi connectivity index (χ0v) is 12.7. The molecule has 1 aromatic heterocycles. The third kappa shape index (κ3) is 5.68. The molecule has 1 aromatic carbocycles. The monoisotopic (exact) mass is 316 g/mol. The lowest BCUT2D eigenvalue weighted by molar-refractivity contribution is -0.116. The first-order valence-electron chi connectivity index (χ1n) is 6.93. The van der Waals surface area contributed by atoms with Gasteiger partial charge in [-0.15, -0.1) is 0 Å². The lowest BCUT2D eigenvalue weighted by Crippen LogP contribution is -2.32. The lowest BCUT2D eigenvalue weighted by atomic mass is 10.1. The second kappa shape index (κ2) is 8.32. The van der Waals surface area contributed by atoms with Crippen LogP contribution in [0, 0.1) is 0 Å². The molecular weight excluding hydrogens is 300 g/mol. The Hall–Kier alpha value is -2.17. The smallest absolute Gasteiger partial charge is 0.244 e. The Kier molecular flexibility index (Phi) is 6.13. The van der Waals surface area contributed by atoms with Gasteiger partial charge in [-0.05, 0) is 29.3 Å². The van der Waals surface area contributed by atoms with E-state index in [4.69, 9.17) is 11.6 Å². The fraction of sp³-hybridized carbons (Fsp3) is 0.176. The summed E-state index contributed by atoms with van der Waals surface area (Å²) in [6, 6.07) is 13.1. The Morgan fingerprint density at radius 1 is 1.32 bits per heavy atom. The van der Waals surface area contributed by atoms with E-state index >= 15 is 0 Å². The molecule has 22 heavy (non-hydrogen) atoms. The van der Waals surface area contributed by atoms with Crippen LogP contribution in [0.1, 0.15) is 11.1 Å². The minimum atomic E-state index is -0.616. The van der Waals surface area contributed by atoms with Crippen LogP contribution in [0.2, 0.25) is 5.15 Å². The fourth-order valence-electron chi connectivity index (χ4n) is 1.93. The zero-order chi connectivity index (χ0) is 15.8. The summed E-state index contributed by atoms with van der Waals surface area (Å²) in [5.41, 5.74) is 1.83. The molecule has 114 valence electrons. The number of carbonyl (C=O) groups excluding carboxylic acids is 1. The van der Waals surface area contributed by atoms with Gasteiger partial charge in [0.1, 0.15) is 5.15 Å². The van der Waals surface area contributed by atoms with Gasteiger partial charge in [0.25, 0.3) is 0 Å². The summed E-state index contributed by atoms with van der Waals surface area (Å²) in [7, 11) is 0. The third-order valence-corrected chi connectivity index (χ3v) is 3.21. The van der Waals surface area contributed by atoms with Crippen molar-refractivity contribution in [1.29, 1.82) is 0 Å². The van der Waals surface area contributed by atoms with Gasteiger partial charge >= 0.3 is 0 Å². The van der Waals surface area contributed by atoms with Crippen LogP contribution in [0.3, 0.4) is 0 Å². The van der Waals surface area contributed by atoms with Gasteiger partial charge in [0, 0.05) is 25.2 Å². The van der Waals surface area contributed by atoms with Gasteiger partial charge in [0.15, 0.2) is 0 Å². The highest BCUT2D eigenvalue weighted by atomic mass is 35.5. The molecule has 0 aliphatic heterocycles. The van der Waals surface area contributed by atoms with E-state index in [2.05, 4.69) is 10.3 Å². The Labute approximate surface area is 134 Å². The van der Waals surface area contributed by atoms with E-state index in [1.807, 2.05) is 30.3 Å². The minimum Gasteiger partial charge on any atom is -0.391 e. The van der Waals surface area contributed by atoms with Crippen molar-refractivity contribution in [2.24, 2.45) is 0 Å². The normalized spacial score (nSPS) is 12.3. The van der Waals surface area contributed by atoms with Crippen molar-refractivity contribution < 1.29 is 9.90 Å². The molecule has 1 amide bonds. The molecule has 4 nitrogen and oxygen atoms in total. The Balaban J connectivity index is 1.77. The van der Waals surface area contributed by atoms with E-state index in [0.717, 1.165) is 11.1 Å². The first-order chi connectivity index (χ1) is 10.6. The number of pyridine rings is 1. The highest BCUT2D eigenvalue weighted by Gasteiger charge is 2.06. The van der Waals surface area contributed by atoms with Crippen LogP contribution in [0.15, 0.2) is 54.7 Å². The molecule has 5 heteroatoms. The SMILES string of the molecule is O=C(/C=C/c1ccnc(Cl)c1)NCC(O)Cc1ccccc1. The van der Waals surface area contributed by atoms with Crippen LogP contribution in [0.4, 0.5) is 0 Å². The maximum absolute atomic E-state index is 11.7. The predicted molar refractivity (Wildman–Crippen MR) is 87.4 cm³/mol. The van der Waals surface area contributed by atoms with Crippen molar-refractivity contribution in [2.45, 2.75) is 12.5 Å². The summed E-state index contributed by atoms with van der Waals surface area (Å²) in [4.78, 5) is 15.6. The molecule has 1 unspecified atom stereocenters. The van der Waals surface area contributed by atoms with Gasteiger partial charge in [0.05, 0.1) is 6.10 Å². The molecule has 2 N–H and O–H groups in total. The van der Waals surface area contributed by atoms with Crippen molar-refractivity contribution >= 4 is 23.6 Å². The number of benzene rings is 1. The zero-order valence-electron chi connectivity index (χ0n) is 11.9. The molecule has 0 saturated heterocycles. The number of amides is 1. The molecule has 1 heterocycles. The van der Waals surface area contributed by atoms with E-state index in [0.29, 0.717) is 11.6 Å². The van der Waals surface area contributed by atoms with Crippen LogP contribution in [-0.4, -0.2) is 28.6 Å². The number of rotatable bonds is 6. The number of hydrogen-bond acceptors (Lipinski definition) is 3. The number of halogens is 1. The molecule has 0 radical (unpaired) electrons. The summed E-state index contributed by atoms with van der Waals surface area (Å²) in [5.74, 6) is -0.264. The largest absolute Gasteiger partial charge is 0.391 e. The minimum absolute atomic E-state index is 0.204. The van der Waals surface area contributed by atoms with Crippen LogP contribution in [-0.2, 0) is 11.2 Å². The summed E-state index contributed by atoms with van der Waals surface area (Å²) in [6.45, 7) is 0.204. The Morgan fingerprint density at radius 3 is 2.82 bits per heavy atom. The number of aliphatic hydroxyl groups excluding tert-OH is 1. The van der Waals surface area contributed by atoms with Gasteiger partial charge in [-0.1, -0.05) is 41.9 Å². The van der Waals surface area contributed by atoms with Gasteiger partial charge < -0.3 is 10.4 Å². The van der Waals surface area contributed by atoms with E-state index in [9.17, 15) is 9.90 Å². The highest BCUT2D eigenvalue weighted by molar-refractivity contribution is 6.29. The van der Waals surface area contributed by atoms with Crippen LogP contribution >= 0.6 is 11.6 Å². The molecule has 1 atom stereocenters. The fourth-order valence-corrected chi connectivity index (χ4v) is 2.11. The maximum Gasteiger partial charge on any atom is 0.244 e. The molecular formula is C17H17ClN2O2. The van der Waals surface area contributed by atoms with Crippen molar-refractivity contribution in [2.75, 3.05) is 6.54 Å². The van der Waals surface area contributed by atoms with E-state index in [1.54, 1.807) is 24.4 Å². The van der Waals surface area contributed by atoms with Crippen LogP contribution < -0.4 is 5.32 Å². The van der Waals surface area contributed by atoms with Crippen molar-refractivity contribution in [1.82, 2.24) is 10.3 Å².